The average molecular weight is 500 g/mol. The van der Waals surface area contributed by atoms with E-state index >= 15 is 0 Å². The molecule has 3 aromatic heterocycles. The normalized spacial score (nSPS) is 14.1. The number of hydrogen-bond acceptors (Lipinski definition) is 4. The summed E-state index contributed by atoms with van der Waals surface area (Å²) in [4.78, 5) is 18.7. The van der Waals surface area contributed by atoms with Crippen LogP contribution in [0.2, 0.25) is 0 Å². The molecule has 1 amide bonds. The van der Waals surface area contributed by atoms with Gasteiger partial charge in [-0.3, -0.25) is 4.79 Å². The molecule has 6 nitrogen and oxygen atoms in total. The lowest BCUT2D eigenvalue weighted by Gasteiger charge is -2.36. The van der Waals surface area contributed by atoms with Gasteiger partial charge >= 0.3 is 0 Å². The first-order valence-electron chi connectivity index (χ1n) is 12.2. The molecule has 0 radical (unpaired) electrons. The van der Waals surface area contributed by atoms with Crippen molar-refractivity contribution in [1.29, 1.82) is 0 Å². The maximum Gasteiger partial charge on any atom is 0.270 e. The molecule has 2 aromatic carbocycles. The number of halogens is 1. The quantitative estimate of drug-likeness (QED) is 0.313. The molecule has 0 unspecified atom stereocenters. The van der Waals surface area contributed by atoms with Gasteiger partial charge in [0, 0.05) is 38.1 Å². The van der Waals surface area contributed by atoms with Gasteiger partial charge in [0.25, 0.3) is 5.91 Å². The molecule has 5 aromatic rings. The zero-order valence-electron chi connectivity index (χ0n) is 20.0. The Hall–Kier alpha value is -3.91. The highest BCUT2D eigenvalue weighted by Gasteiger charge is 2.29. The predicted octanol–water partition coefficient (Wildman–Crippen LogP) is 5.68. The molecule has 36 heavy (non-hydrogen) atoms. The van der Waals surface area contributed by atoms with Crippen LogP contribution < -0.4 is 4.90 Å². The molecular formula is C28H26FN5OS. The predicted molar refractivity (Wildman–Crippen MR) is 143 cm³/mol. The van der Waals surface area contributed by atoms with E-state index in [1.807, 2.05) is 68.4 Å². The fourth-order valence-electron chi connectivity index (χ4n) is 5.01. The summed E-state index contributed by atoms with van der Waals surface area (Å²) in [7, 11) is 0. The smallest absolute Gasteiger partial charge is 0.270 e. The molecule has 1 aliphatic rings. The lowest BCUT2D eigenvalue weighted by molar-refractivity contribution is 0.0736. The molecule has 182 valence electrons. The summed E-state index contributed by atoms with van der Waals surface area (Å²) in [6.45, 7) is 4.97. The number of amides is 1. The first-order chi connectivity index (χ1) is 17.7. The highest BCUT2D eigenvalue weighted by molar-refractivity contribution is 7.13. The molecule has 0 spiro atoms. The largest absolute Gasteiger partial charge is 0.366 e. The summed E-state index contributed by atoms with van der Waals surface area (Å²) in [5.41, 5.74) is 4.01. The Bertz CT molecular complexity index is 1510. The third kappa shape index (κ3) is 3.78. The Kier molecular flexibility index (Phi) is 5.81. The van der Waals surface area contributed by atoms with Crippen molar-refractivity contribution in [2.75, 3.05) is 31.1 Å². The van der Waals surface area contributed by atoms with Gasteiger partial charge < -0.3 is 14.4 Å². The number of benzene rings is 2. The van der Waals surface area contributed by atoms with Crippen LogP contribution in [0.5, 0.6) is 0 Å². The van der Waals surface area contributed by atoms with Gasteiger partial charge in [-0.2, -0.15) is 5.10 Å². The van der Waals surface area contributed by atoms with Crippen LogP contribution in [-0.2, 0) is 6.54 Å². The van der Waals surface area contributed by atoms with Crippen molar-refractivity contribution in [1.82, 2.24) is 19.2 Å². The molecule has 1 saturated heterocycles. The van der Waals surface area contributed by atoms with Crippen LogP contribution in [0.15, 0.2) is 78.2 Å². The fraction of sp³-hybridized carbons (Fsp3) is 0.214. The van der Waals surface area contributed by atoms with Crippen molar-refractivity contribution in [2.24, 2.45) is 0 Å². The second kappa shape index (κ2) is 9.28. The van der Waals surface area contributed by atoms with Gasteiger partial charge in [0.1, 0.15) is 22.9 Å². The number of carbonyl (C=O) groups excluding carboxylic acids is 1. The highest BCUT2D eigenvalue weighted by Crippen LogP contribution is 2.35. The number of hydrogen-bond donors (Lipinski definition) is 0. The number of nitrogens with zero attached hydrogens (tertiary/aromatic N) is 5. The van der Waals surface area contributed by atoms with Gasteiger partial charge in [0.15, 0.2) is 0 Å². The zero-order chi connectivity index (χ0) is 24.6. The topological polar surface area (TPSA) is 46.3 Å². The number of rotatable bonds is 5. The summed E-state index contributed by atoms with van der Waals surface area (Å²) in [6.07, 6.45) is 0. The average Bonchev–Trinajstić information content (AvgIpc) is 3.65. The lowest BCUT2D eigenvalue weighted by Crippen LogP contribution is -2.49. The minimum atomic E-state index is -0.227. The number of fused-ring (bicyclic) bond motifs is 1. The summed E-state index contributed by atoms with van der Waals surface area (Å²) in [5.74, 6) is -0.229. The van der Waals surface area contributed by atoms with E-state index in [2.05, 4.69) is 17.6 Å². The van der Waals surface area contributed by atoms with Crippen LogP contribution in [0.3, 0.4) is 0 Å². The Morgan fingerprint density at radius 1 is 0.972 bits per heavy atom. The Labute approximate surface area is 212 Å². The maximum absolute atomic E-state index is 14.3. The number of aryl methyl sites for hydroxylation is 1. The Morgan fingerprint density at radius 2 is 1.72 bits per heavy atom. The highest BCUT2D eigenvalue weighted by atomic mass is 32.1. The van der Waals surface area contributed by atoms with Crippen LogP contribution >= 0.6 is 11.3 Å². The minimum Gasteiger partial charge on any atom is -0.366 e. The maximum atomic E-state index is 14.3. The van der Waals surface area contributed by atoms with Gasteiger partial charge in [-0.15, -0.1) is 11.3 Å². The standard InChI is InChI=1S/C28H26FN5OS/c1-2-33-24(28(35)32-16-14-31(15-17-32)23-12-7-6-11-22(23)29)19-21-26(25-13-8-18-36-25)30-34(27(21)33)20-9-4-3-5-10-20/h3-13,18-19H,2,14-17H2,1H3. The SMILES string of the molecule is CCn1c(C(=O)N2CCN(c3ccccc3F)CC2)cc2c(-c3cccs3)nn(-c3ccccc3)c21. The molecule has 8 heteroatoms. The molecule has 0 N–H and O–H groups in total. The molecule has 1 fully saturated rings. The second-order valence-electron chi connectivity index (χ2n) is 8.82. The van der Waals surface area contributed by atoms with Gasteiger partial charge in [-0.25, -0.2) is 9.07 Å². The number of anilines is 1. The van der Waals surface area contributed by atoms with E-state index in [1.165, 1.54) is 6.07 Å². The molecule has 6 rings (SSSR count). The second-order valence-corrected chi connectivity index (χ2v) is 9.76. The van der Waals surface area contributed by atoms with E-state index in [1.54, 1.807) is 23.5 Å². The van der Waals surface area contributed by atoms with Crippen LogP contribution in [0.4, 0.5) is 10.1 Å². The Morgan fingerprint density at radius 3 is 2.42 bits per heavy atom. The number of carbonyl (C=O) groups is 1. The Balaban J connectivity index is 1.37. The van der Waals surface area contributed by atoms with Gasteiger partial charge in [-0.05, 0) is 48.7 Å². The van der Waals surface area contributed by atoms with Crippen molar-refractivity contribution in [3.8, 4) is 16.3 Å². The van der Waals surface area contributed by atoms with Crippen molar-refractivity contribution in [2.45, 2.75) is 13.5 Å². The van der Waals surface area contributed by atoms with E-state index in [-0.39, 0.29) is 11.7 Å². The van der Waals surface area contributed by atoms with Crippen molar-refractivity contribution in [3.05, 3.63) is 89.7 Å². The third-order valence-electron chi connectivity index (χ3n) is 6.77. The summed E-state index contributed by atoms with van der Waals surface area (Å²) in [6, 6.07) is 22.9. The summed E-state index contributed by atoms with van der Waals surface area (Å²) in [5, 5.41) is 7.99. The van der Waals surface area contributed by atoms with Crippen LogP contribution in [0, 0.1) is 5.82 Å². The molecule has 0 saturated carbocycles. The van der Waals surface area contributed by atoms with Crippen molar-refractivity contribution < 1.29 is 9.18 Å². The first kappa shape index (κ1) is 22.5. The lowest BCUT2D eigenvalue weighted by atomic mass is 10.2. The molecule has 1 aliphatic heterocycles. The molecule has 4 heterocycles. The molecule has 0 atom stereocenters. The van der Waals surface area contributed by atoms with Crippen molar-refractivity contribution in [3.63, 3.8) is 0 Å². The number of thiophene rings is 1. The monoisotopic (exact) mass is 499 g/mol. The third-order valence-corrected chi connectivity index (χ3v) is 7.65. The molecule has 0 bridgehead atoms. The van der Waals surface area contributed by atoms with Gasteiger partial charge in [0.05, 0.1) is 16.3 Å². The van der Waals surface area contributed by atoms with Crippen molar-refractivity contribution >= 4 is 34.0 Å². The van der Waals surface area contributed by atoms with E-state index in [4.69, 9.17) is 5.10 Å². The van der Waals surface area contributed by atoms with Crippen LogP contribution in [0.1, 0.15) is 17.4 Å². The summed E-state index contributed by atoms with van der Waals surface area (Å²) < 4.78 is 18.3. The van der Waals surface area contributed by atoms with E-state index in [9.17, 15) is 9.18 Å². The van der Waals surface area contributed by atoms with E-state index < -0.39 is 0 Å². The molecule has 0 aliphatic carbocycles. The first-order valence-corrected chi connectivity index (χ1v) is 13.0. The molecular weight excluding hydrogens is 473 g/mol. The number of para-hydroxylation sites is 2. The van der Waals surface area contributed by atoms with E-state index in [0.717, 1.165) is 27.3 Å². The van der Waals surface area contributed by atoms with Gasteiger partial charge in [-0.1, -0.05) is 36.4 Å². The minimum absolute atomic E-state index is 0.00188. The number of aromatic nitrogens is 3. The fourth-order valence-corrected chi connectivity index (χ4v) is 5.73. The van der Waals surface area contributed by atoms with Crippen LogP contribution in [0.25, 0.3) is 27.3 Å². The van der Waals surface area contributed by atoms with Crippen LogP contribution in [-0.4, -0.2) is 51.3 Å². The zero-order valence-corrected chi connectivity index (χ0v) is 20.8. The van der Waals surface area contributed by atoms with E-state index in [0.29, 0.717) is 44.1 Å². The number of piperazine rings is 1. The summed E-state index contributed by atoms with van der Waals surface area (Å²) >= 11 is 1.64. The van der Waals surface area contributed by atoms with Gasteiger partial charge in [0.2, 0.25) is 0 Å².